The van der Waals surface area contributed by atoms with Crippen LogP contribution in [0.1, 0.15) is 29.8 Å². The van der Waals surface area contributed by atoms with Gasteiger partial charge in [-0.2, -0.15) is 0 Å². The topological polar surface area (TPSA) is 20.3 Å². The van der Waals surface area contributed by atoms with Gasteiger partial charge in [0.05, 0.1) is 11.1 Å². The lowest BCUT2D eigenvalue weighted by atomic mass is 10.0. The van der Waals surface area contributed by atoms with Crippen LogP contribution in [0.4, 0.5) is 0 Å². The Kier molecular flexibility index (Phi) is 4.62. The minimum atomic E-state index is -0.359. The molecule has 0 fully saturated rings. The molecule has 0 atom stereocenters. The monoisotopic (exact) mass is 317 g/mol. The third kappa shape index (κ3) is 3.02. The zero-order chi connectivity index (χ0) is 13.2. The fourth-order valence-corrected chi connectivity index (χ4v) is 1.97. The van der Waals surface area contributed by atoms with E-state index in [1.807, 2.05) is 39.0 Å². The van der Waals surface area contributed by atoms with Crippen molar-refractivity contribution >= 4 is 33.4 Å². The minimum absolute atomic E-state index is 0.0220. The number of halogens is 2. The zero-order valence-electron chi connectivity index (χ0n) is 10.6. The highest BCUT2D eigenvalue weighted by molar-refractivity contribution is 9.10. The van der Waals surface area contributed by atoms with Crippen LogP contribution in [-0.2, 0) is 0 Å². The van der Waals surface area contributed by atoms with Crippen molar-refractivity contribution in [2.24, 2.45) is 0 Å². The van der Waals surface area contributed by atoms with Gasteiger partial charge < -0.3 is 4.90 Å². The van der Waals surface area contributed by atoms with E-state index in [0.29, 0.717) is 11.4 Å². The first-order chi connectivity index (χ1) is 7.81. The molecule has 1 rings (SSSR count). The molecule has 4 heteroatoms. The Morgan fingerprint density at radius 2 is 2.06 bits per heavy atom. The quantitative estimate of drug-likeness (QED) is 0.775. The van der Waals surface area contributed by atoms with Crippen LogP contribution >= 0.6 is 27.5 Å². The first kappa shape index (κ1) is 14.5. The summed E-state index contributed by atoms with van der Waals surface area (Å²) < 4.78 is 0.849. The Labute approximate surface area is 116 Å². The van der Waals surface area contributed by atoms with Crippen LogP contribution in [-0.4, -0.2) is 29.3 Å². The van der Waals surface area contributed by atoms with Crippen molar-refractivity contribution in [3.63, 3.8) is 0 Å². The summed E-state index contributed by atoms with van der Waals surface area (Å²) in [6.07, 6.45) is 0. The van der Waals surface area contributed by atoms with Gasteiger partial charge in [-0.1, -0.05) is 12.1 Å². The normalized spacial score (nSPS) is 11.4. The van der Waals surface area contributed by atoms with E-state index < -0.39 is 0 Å². The number of hydrogen-bond donors (Lipinski definition) is 0. The maximum Gasteiger partial charge on any atom is 0.255 e. The molecule has 0 aliphatic heterocycles. The molecule has 0 aromatic heterocycles. The highest BCUT2D eigenvalue weighted by atomic mass is 79.9. The number of alkyl halides is 1. The van der Waals surface area contributed by atoms with E-state index in [1.54, 1.807) is 11.9 Å². The van der Waals surface area contributed by atoms with E-state index in [2.05, 4.69) is 15.9 Å². The number of benzene rings is 1. The third-order valence-electron chi connectivity index (χ3n) is 2.96. The fourth-order valence-electron chi connectivity index (χ4n) is 1.36. The molecule has 0 spiro atoms. The molecule has 0 saturated carbocycles. The number of hydrogen-bond acceptors (Lipinski definition) is 1. The Bertz CT molecular complexity index is 431. The van der Waals surface area contributed by atoms with Gasteiger partial charge in [0.1, 0.15) is 0 Å². The third-order valence-corrected chi connectivity index (χ3v) is 4.67. The van der Waals surface area contributed by atoms with Gasteiger partial charge in [0.2, 0.25) is 0 Å². The average molecular weight is 319 g/mol. The lowest BCUT2D eigenvalue weighted by Gasteiger charge is -2.34. The largest absolute Gasteiger partial charge is 0.335 e. The second-order valence-electron chi connectivity index (χ2n) is 4.75. The first-order valence-electron chi connectivity index (χ1n) is 5.40. The van der Waals surface area contributed by atoms with Crippen molar-refractivity contribution in [3.05, 3.63) is 33.8 Å². The summed E-state index contributed by atoms with van der Waals surface area (Å²) in [5, 5.41) is 0. The Balaban J connectivity index is 3.09. The van der Waals surface area contributed by atoms with Gasteiger partial charge in [-0.3, -0.25) is 4.79 Å². The van der Waals surface area contributed by atoms with Crippen molar-refractivity contribution in [1.29, 1.82) is 0 Å². The molecule has 0 aliphatic rings. The van der Waals surface area contributed by atoms with Gasteiger partial charge >= 0.3 is 0 Å². The van der Waals surface area contributed by atoms with Crippen molar-refractivity contribution in [3.8, 4) is 0 Å². The average Bonchev–Trinajstić information content (AvgIpc) is 2.30. The maximum absolute atomic E-state index is 12.4. The first-order valence-corrected chi connectivity index (χ1v) is 6.73. The highest BCUT2D eigenvalue weighted by Gasteiger charge is 2.28. The van der Waals surface area contributed by atoms with Gasteiger partial charge in [-0.05, 0) is 48.3 Å². The molecule has 0 aliphatic carbocycles. The Hall–Kier alpha value is -0.540. The highest BCUT2D eigenvalue weighted by Crippen LogP contribution is 2.25. The number of amides is 1. The van der Waals surface area contributed by atoms with E-state index in [-0.39, 0.29) is 11.4 Å². The summed E-state index contributed by atoms with van der Waals surface area (Å²) in [7, 11) is 1.78. The molecule has 0 N–H and O–H groups in total. The Morgan fingerprint density at radius 1 is 1.47 bits per heavy atom. The van der Waals surface area contributed by atoms with Crippen LogP contribution in [0.15, 0.2) is 22.7 Å². The summed E-state index contributed by atoms with van der Waals surface area (Å²) in [6, 6.07) is 5.67. The molecule has 17 heavy (non-hydrogen) atoms. The summed E-state index contributed by atoms with van der Waals surface area (Å²) in [5.74, 6) is 0.379. The predicted octanol–water partition coefficient (Wildman–Crippen LogP) is 3.85. The molecule has 1 aromatic rings. The molecule has 0 bridgehead atoms. The molecular weight excluding hydrogens is 302 g/mol. The van der Waals surface area contributed by atoms with Gasteiger partial charge in [-0.15, -0.1) is 11.6 Å². The van der Waals surface area contributed by atoms with Gasteiger partial charge in [0.15, 0.2) is 0 Å². The molecule has 0 unspecified atom stereocenters. The van der Waals surface area contributed by atoms with E-state index in [9.17, 15) is 4.79 Å². The van der Waals surface area contributed by atoms with E-state index >= 15 is 0 Å². The summed E-state index contributed by atoms with van der Waals surface area (Å²) in [6.45, 7) is 5.86. The molecular formula is C13H17BrClNO. The molecule has 1 aromatic carbocycles. The van der Waals surface area contributed by atoms with Crippen molar-refractivity contribution < 1.29 is 4.79 Å². The predicted molar refractivity (Wildman–Crippen MR) is 75.8 cm³/mol. The minimum Gasteiger partial charge on any atom is -0.335 e. The SMILES string of the molecule is Cc1cccc(C(=O)N(C)C(C)(C)CCl)c1Br. The van der Waals surface area contributed by atoms with Crippen LogP contribution < -0.4 is 0 Å². The van der Waals surface area contributed by atoms with Crippen LogP contribution in [0, 0.1) is 6.92 Å². The summed E-state index contributed by atoms with van der Waals surface area (Å²) in [4.78, 5) is 14.0. The molecule has 0 radical (unpaired) electrons. The summed E-state index contributed by atoms with van der Waals surface area (Å²) >= 11 is 9.34. The zero-order valence-corrected chi connectivity index (χ0v) is 12.9. The van der Waals surface area contributed by atoms with E-state index in [1.165, 1.54) is 0 Å². The maximum atomic E-state index is 12.4. The number of nitrogens with zero attached hydrogens (tertiary/aromatic N) is 1. The smallest absolute Gasteiger partial charge is 0.255 e. The van der Waals surface area contributed by atoms with Crippen molar-refractivity contribution in [2.45, 2.75) is 26.3 Å². The molecule has 2 nitrogen and oxygen atoms in total. The van der Waals surface area contributed by atoms with Crippen LogP contribution in [0.25, 0.3) is 0 Å². The lowest BCUT2D eigenvalue weighted by Crippen LogP contribution is -2.46. The summed E-state index contributed by atoms with van der Waals surface area (Å²) in [5.41, 5.74) is 1.36. The molecule has 1 amide bonds. The van der Waals surface area contributed by atoms with Crippen molar-refractivity contribution in [1.82, 2.24) is 4.90 Å². The number of rotatable bonds is 3. The van der Waals surface area contributed by atoms with E-state index in [0.717, 1.165) is 10.0 Å². The lowest BCUT2D eigenvalue weighted by molar-refractivity contribution is 0.0659. The fraction of sp³-hybridized carbons (Fsp3) is 0.462. The van der Waals surface area contributed by atoms with Gasteiger partial charge in [0.25, 0.3) is 5.91 Å². The van der Waals surface area contributed by atoms with Crippen LogP contribution in [0.2, 0.25) is 0 Å². The number of carbonyl (C=O) groups is 1. The van der Waals surface area contributed by atoms with Crippen molar-refractivity contribution in [2.75, 3.05) is 12.9 Å². The standard InChI is InChI=1S/C13H17BrClNO/c1-9-6-5-7-10(11(9)14)12(17)16(4)13(2,3)8-15/h5-7H,8H2,1-4H3. The van der Waals surface area contributed by atoms with Gasteiger partial charge in [0, 0.05) is 17.4 Å². The number of aryl methyl sites for hydroxylation is 1. The second kappa shape index (κ2) is 5.40. The van der Waals surface area contributed by atoms with E-state index in [4.69, 9.17) is 11.6 Å². The Morgan fingerprint density at radius 3 is 2.59 bits per heavy atom. The molecule has 94 valence electrons. The number of carbonyl (C=O) groups excluding carboxylic acids is 1. The van der Waals surface area contributed by atoms with Crippen LogP contribution in [0.5, 0.6) is 0 Å². The molecule has 0 heterocycles. The molecule has 0 saturated heterocycles. The second-order valence-corrected chi connectivity index (χ2v) is 5.81. The van der Waals surface area contributed by atoms with Gasteiger partial charge in [-0.25, -0.2) is 0 Å². The van der Waals surface area contributed by atoms with Crippen LogP contribution in [0.3, 0.4) is 0 Å².